The van der Waals surface area contributed by atoms with Crippen LogP contribution in [0.15, 0.2) is 24.8 Å². The molecule has 0 rings (SSSR count). The number of hydrogen-bond acceptors (Lipinski definition) is 1. The smallest absolute Gasteiger partial charge is 0.0625 e. The third-order valence-electron chi connectivity index (χ3n) is 1.90. The highest BCUT2D eigenvalue weighted by molar-refractivity contribution is 5.19. The van der Waals surface area contributed by atoms with E-state index in [1.54, 1.807) is 0 Å². The molecule has 0 aromatic rings. The van der Waals surface area contributed by atoms with Crippen LogP contribution in [0.2, 0.25) is 0 Å². The van der Waals surface area contributed by atoms with Crippen molar-refractivity contribution in [3.63, 3.8) is 0 Å². The van der Waals surface area contributed by atoms with E-state index in [0.717, 1.165) is 24.5 Å². The second kappa shape index (κ2) is 7.11. The molecular weight excluding hydrogens is 146 g/mol. The minimum absolute atomic E-state index is 0.769. The Hall–Kier alpha value is -0.560. The second-order valence-electron chi connectivity index (χ2n) is 3.08. The first kappa shape index (κ1) is 11.4. The highest BCUT2D eigenvalue weighted by atomic mass is 14.6. The molecule has 0 heterocycles. The topological polar surface area (TPSA) is 26.0 Å². The minimum atomic E-state index is 0.769. The molecule has 0 spiro atoms. The van der Waals surface area contributed by atoms with Crippen molar-refractivity contribution in [1.29, 1.82) is 0 Å². The molecular formula is C11H20N. The predicted molar refractivity (Wildman–Crippen MR) is 55.5 cm³/mol. The average Bonchev–Trinajstić information content (AvgIpc) is 2.05. The maximum Gasteiger partial charge on any atom is 0.0625 e. The Morgan fingerprint density at radius 3 is 2.58 bits per heavy atom. The van der Waals surface area contributed by atoms with Gasteiger partial charge in [0, 0.05) is 0 Å². The molecule has 0 amide bonds. The Kier molecular flexibility index (Phi) is 6.78. The van der Waals surface area contributed by atoms with Gasteiger partial charge in [0.15, 0.2) is 0 Å². The average molecular weight is 166 g/mol. The molecule has 1 radical (unpaired) electrons. The first-order valence-corrected chi connectivity index (χ1v) is 4.62. The number of unbranched alkanes of at least 4 members (excludes halogenated alkanes) is 2. The van der Waals surface area contributed by atoms with Gasteiger partial charge in [0.25, 0.3) is 0 Å². The van der Waals surface area contributed by atoms with Crippen molar-refractivity contribution in [1.82, 2.24) is 0 Å². The molecule has 0 aromatic carbocycles. The van der Waals surface area contributed by atoms with Crippen molar-refractivity contribution < 1.29 is 0 Å². The quantitative estimate of drug-likeness (QED) is 0.456. The van der Waals surface area contributed by atoms with Crippen LogP contribution in [0.5, 0.6) is 0 Å². The summed E-state index contributed by atoms with van der Waals surface area (Å²) < 4.78 is 0. The molecule has 0 aromatic heterocycles. The van der Waals surface area contributed by atoms with Gasteiger partial charge in [0.05, 0.1) is 6.04 Å². The van der Waals surface area contributed by atoms with Crippen LogP contribution in [-0.2, 0) is 0 Å². The molecule has 2 N–H and O–H groups in total. The van der Waals surface area contributed by atoms with Gasteiger partial charge in [0.2, 0.25) is 0 Å². The third kappa shape index (κ3) is 5.14. The molecule has 0 aliphatic heterocycles. The lowest BCUT2D eigenvalue weighted by atomic mass is 10.0. The lowest BCUT2D eigenvalue weighted by Gasteiger charge is -2.10. The highest BCUT2D eigenvalue weighted by Crippen LogP contribution is 2.16. The van der Waals surface area contributed by atoms with Gasteiger partial charge in [-0.1, -0.05) is 38.0 Å². The Morgan fingerprint density at radius 1 is 1.42 bits per heavy atom. The van der Waals surface area contributed by atoms with E-state index in [-0.39, 0.29) is 0 Å². The van der Waals surface area contributed by atoms with Crippen molar-refractivity contribution in [2.45, 2.75) is 39.0 Å². The van der Waals surface area contributed by atoms with E-state index in [0.29, 0.717) is 0 Å². The summed E-state index contributed by atoms with van der Waals surface area (Å²) in [6, 6.07) is 0.890. The standard InChI is InChI=1S/C11H20N/c1-4-6-7-9-10(3)11(12)8-5-2/h5H,2-4,6-9,12H2,1H3. The van der Waals surface area contributed by atoms with E-state index in [1.165, 1.54) is 19.3 Å². The zero-order chi connectivity index (χ0) is 9.40. The van der Waals surface area contributed by atoms with Gasteiger partial charge in [0.1, 0.15) is 0 Å². The maximum atomic E-state index is 5.76. The lowest BCUT2D eigenvalue weighted by Crippen LogP contribution is -2.10. The zero-order valence-electron chi connectivity index (χ0n) is 8.10. The predicted octanol–water partition coefficient (Wildman–Crippen LogP) is 3.19. The fraction of sp³-hybridized carbons (Fsp3) is 0.545. The van der Waals surface area contributed by atoms with Crippen molar-refractivity contribution in [3.05, 3.63) is 30.8 Å². The largest absolute Gasteiger partial charge is 0.320 e. The van der Waals surface area contributed by atoms with Gasteiger partial charge < -0.3 is 5.73 Å². The van der Waals surface area contributed by atoms with Crippen molar-refractivity contribution in [3.8, 4) is 0 Å². The van der Waals surface area contributed by atoms with Gasteiger partial charge >= 0.3 is 0 Å². The van der Waals surface area contributed by atoms with Crippen LogP contribution in [0.4, 0.5) is 0 Å². The van der Waals surface area contributed by atoms with E-state index in [1.807, 2.05) is 6.08 Å². The van der Waals surface area contributed by atoms with Crippen LogP contribution < -0.4 is 5.73 Å². The normalized spacial score (nSPS) is 10.2. The zero-order valence-corrected chi connectivity index (χ0v) is 8.10. The summed E-state index contributed by atoms with van der Waals surface area (Å²) in [7, 11) is 0. The molecule has 0 atom stereocenters. The summed E-state index contributed by atoms with van der Waals surface area (Å²) in [6.07, 6.45) is 7.33. The summed E-state index contributed by atoms with van der Waals surface area (Å²) in [5.41, 5.74) is 6.84. The first-order valence-electron chi connectivity index (χ1n) is 4.62. The van der Waals surface area contributed by atoms with Crippen LogP contribution >= 0.6 is 0 Å². The second-order valence-corrected chi connectivity index (χ2v) is 3.08. The fourth-order valence-electron chi connectivity index (χ4n) is 1.05. The van der Waals surface area contributed by atoms with Crippen LogP contribution in [-0.4, -0.2) is 0 Å². The Bertz CT molecular complexity index is 138. The summed E-state index contributed by atoms with van der Waals surface area (Å²) in [5, 5.41) is 0. The lowest BCUT2D eigenvalue weighted by molar-refractivity contribution is 0.702. The van der Waals surface area contributed by atoms with Gasteiger partial charge in [-0.3, -0.25) is 0 Å². The van der Waals surface area contributed by atoms with E-state index in [4.69, 9.17) is 5.73 Å². The molecule has 1 nitrogen and oxygen atoms in total. The van der Waals surface area contributed by atoms with Crippen molar-refractivity contribution in [2.24, 2.45) is 5.73 Å². The van der Waals surface area contributed by atoms with E-state index in [9.17, 15) is 0 Å². The summed E-state index contributed by atoms with van der Waals surface area (Å²) in [6.45, 7) is 9.77. The minimum Gasteiger partial charge on any atom is -0.320 e. The molecule has 1 heteroatoms. The van der Waals surface area contributed by atoms with Gasteiger partial charge in [-0.15, -0.1) is 6.58 Å². The SMILES string of the molecule is C=CC[C](N)C(=C)CCCCC. The highest BCUT2D eigenvalue weighted by Gasteiger charge is 2.04. The number of rotatable bonds is 7. The van der Waals surface area contributed by atoms with E-state index < -0.39 is 0 Å². The monoisotopic (exact) mass is 166 g/mol. The van der Waals surface area contributed by atoms with E-state index >= 15 is 0 Å². The third-order valence-corrected chi connectivity index (χ3v) is 1.90. The molecule has 12 heavy (non-hydrogen) atoms. The molecule has 0 saturated carbocycles. The molecule has 0 unspecified atom stereocenters. The van der Waals surface area contributed by atoms with Crippen LogP contribution in [0.1, 0.15) is 39.0 Å². The van der Waals surface area contributed by atoms with E-state index in [2.05, 4.69) is 20.1 Å². The van der Waals surface area contributed by atoms with Crippen molar-refractivity contribution in [2.75, 3.05) is 0 Å². The Labute approximate surface area is 76.3 Å². The van der Waals surface area contributed by atoms with Crippen LogP contribution in [0.25, 0.3) is 0 Å². The number of nitrogens with two attached hydrogens (primary N) is 1. The van der Waals surface area contributed by atoms with Crippen LogP contribution in [0, 0.1) is 6.04 Å². The summed E-state index contributed by atoms with van der Waals surface area (Å²) >= 11 is 0. The van der Waals surface area contributed by atoms with Gasteiger partial charge in [-0.2, -0.15) is 0 Å². The molecule has 0 saturated heterocycles. The Morgan fingerprint density at radius 2 is 2.08 bits per heavy atom. The Balaban J connectivity index is 3.49. The maximum absolute atomic E-state index is 5.76. The molecule has 0 fully saturated rings. The molecule has 0 aliphatic carbocycles. The fourth-order valence-corrected chi connectivity index (χ4v) is 1.05. The number of hydrogen-bond donors (Lipinski definition) is 1. The van der Waals surface area contributed by atoms with Gasteiger partial charge in [-0.05, 0) is 19.3 Å². The first-order chi connectivity index (χ1) is 5.72. The molecule has 0 aliphatic rings. The summed E-state index contributed by atoms with van der Waals surface area (Å²) in [5.74, 6) is 0. The summed E-state index contributed by atoms with van der Waals surface area (Å²) in [4.78, 5) is 0. The molecule has 0 bridgehead atoms. The van der Waals surface area contributed by atoms with Gasteiger partial charge in [-0.25, -0.2) is 0 Å². The molecule has 69 valence electrons. The van der Waals surface area contributed by atoms with Crippen molar-refractivity contribution >= 4 is 0 Å². The van der Waals surface area contributed by atoms with Crippen LogP contribution in [0.3, 0.4) is 0 Å².